The molecule has 4 nitrogen and oxygen atoms in total. The molecule has 1 aliphatic heterocycles. The van der Waals surface area contributed by atoms with Gasteiger partial charge in [-0.25, -0.2) is 4.79 Å². The van der Waals surface area contributed by atoms with E-state index in [0.717, 1.165) is 0 Å². The molecule has 1 amide bonds. The first-order valence-electron chi connectivity index (χ1n) is 6.79. The molecule has 20 heavy (non-hydrogen) atoms. The van der Waals surface area contributed by atoms with E-state index >= 15 is 0 Å². The first-order valence-corrected chi connectivity index (χ1v) is 6.79. The smallest absolute Gasteiger partial charge is 0.410 e. The molecule has 0 bridgehead atoms. The van der Waals surface area contributed by atoms with E-state index in [4.69, 9.17) is 10.5 Å². The average molecular weight is 296 g/mol. The van der Waals surface area contributed by atoms with Gasteiger partial charge in [0.25, 0.3) is 0 Å². The number of nitrogens with two attached hydrogens (primary N) is 1. The predicted molar refractivity (Wildman–Crippen MR) is 69.1 cm³/mol. The van der Waals surface area contributed by atoms with Gasteiger partial charge in [-0.05, 0) is 39.5 Å². The van der Waals surface area contributed by atoms with Crippen LogP contribution >= 0.6 is 0 Å². The van der Waals surface area contributed by atoms with Crippen molar-refractivity contribution in [1.29, 1.82) is 0 Å². The Morgan fingerprint density at radius 3 is 2.45 bits per heavy atom. The van der Waals surface area contributed by atoms with Crippen molar-refractivity contribution < 1.29 is 22.7 Å². The van der Waals surface area contributed by atoms with Crippen LogP contribution in [0.5, 0.6) is 0 Å². The van der Waals surface area contributed by atoms with Crippen LogP contribution in [0.15, 0.2) is 0 Å². The first kappa shape index (κ1) is 17.1. The van der Waals surface area contributed by atoms with Crippen molar-refractivity contribution in [2.45, 2.75) is 45.4 Å². The van der Waals surface area contributed by atoms with Crippen LogP contribution in [-0.4, -0.2) is 42.4 Å². The third-order valence-corrected chi connectivity index (χ3v) is 3.35. The van der Waals surface area contributed by atoms with Crippen molar-refractivity contribution in [2.75, 3.05) is 19.6 Å². The van der Waals surface area contributed by atoms with Gasteiger partial charge in [0.05, 0.1) is 5.92 Å². The van der Waals surface area contributed by atoms with Crippen molar-refractivity contribution in [2.24, 2.45) is 17.6 Å². The molecule has 1 aliphatic rings. The molecule has 0 saturated carbocycles. The van der Waals surface area contributed by atoms with Crippen molar-refractivity contribution in [3.8, 4) is 0 Å². The number of hydrogen-bond acceptors (Lipinski definition) is 3. The molecule has 0 aromatic carbocycles. The molecule has 2 unspecified atom stereocenters. The lowest BCUT2D eigenvalue weighted by atomic mass is 9.85. The molecule has 118 valence electrons. The summed E-state index contributed by atoms with van der Waals surface area (Å²) < 4.78 is 43.9. The molecule has 1 fully saturated rings. The van der Waals surface area contributed by atoms with Crippen molar-refractivity contribution in [1.82, 2.24) is 4.90 Å². The number of piperidine rings is 1. The van der Waals surface area contributed by atoms with Gasteiger partial charge >= 0.3 is 12.3 Å². The number of ether oxygens (including phenoxy) is 1. The SMILES string of the molecule is CC(C)(C)OC(=O)N1CCCC(C(CN)C(F)(F)F)C1. The maximum atomic E-state index is 12.9. The quantitative estimate of drug-likeness (QED) is 0.852. The molecular weight excluding hydrogens is 273 g/mol. The third kappa shape index (κ3) is 4.85. The van der Waals surface area contributed by atoms with E-state index in [1.807, 2.05) is 0 Å². The van der Waals surface area contributed by atoms with Gasteiger partial charge in [0, 0.05) is 19.6 Å². The van der Waals surface area contributed by atoms with Crippen LogP contribution in [0.4, 0.5) is 18.0 Å². The average Bonchev–Trinajstić information content (AvgIpc) is 2.26. The second-order valence-electron chi connectivity index (χ2n) is 6.21. The Kier molecular flexibility index (Phi) is 5.29. The molecule has 2 N–H and O–H groups in total. The van der Waals surface area contributed by atoms with Crippen LogP contribution in [-0.2, 0) is 4.74 Å². The van der Waals surface area contributed by atoms with Gasteiger partial charge in [-0.3, -0.25) is 0 Å². The fourth-order valence-electron chi connectivity index (χ4n) is 2.42. The zero-order valence-corrected chi connectivity index (χ0v) is 12.2. The van der Waals surface area contributed by atoms with Gasteiger partial charge in [-0.2, -0.15) is 13.2 Å². The van der Waals surface area contributed by atoms with E-state index in [0.29, 0.717) is 19.4 Å². The second-order valence-corrected chi connectivity index (χ2v) is 6.21. The summed E-state index contributed by atoms with van der Waals surface area (Å²) in [5, 5.41) is 0. The number of amides is 1. The Morgan fingerprint density at radius 1 is 1.40 bits per heavy atom. The highest BCUT2D eigenvalue weighted by Gasteiger charge is 2.45. The standard InChI is InChI=1S/C13H23F3N2O2/c1-12(2,3)20-11(19)18-6-4-5-9(8-18)10(7-17)13(14,15)16/h9-10H,4-8,17H2,1-3H3. The minimum atomic E-state index is -4.32. The fourth-order valence-corrected chi connectivity index (χ4v) is 2.42. The molecule has 7 heteroatoms. The lowest BCUT2D eigenvalue weighted by Gasteiger charge is -2.37. The van der Waals surface area contributed by atoms with Crippen LogP contribution in [0.25, 0.3) is 0 Å². The highest BCUT2D eigenvalue weighted by molar-refractivity contribution is 5.68. The zero-order chi connectivity index (χ0) is 15.6. The van der Waals surface area contributed by atoms with Gasteiger partial charge in [0.1, 0.15) is 5.60 Å². The van der Waals surface area contributed by atoms with E-state index in [2.05, 4.69) is 0 Å². The molecule has 2 atom stereocenters. The minimum Gasteiger partial charge on any atom is -0.444 e. The number of alkyl halides is 3. The monoisotopic (exact) mass is 296 g/mol. The number of nitrogens with zero attached hydrogens (tertiary/aromatic N) is 1. The van der Waals surface area contributed by atoms with Gasteiger partial charge in [-0.15, -0.1) is 0 Å². The lowest BCUT2D eigenvalue weighted by Crippen LogP contribution is -2.48. The lowest BCUT2D eigenvalue weighted by molar-refractivity contribution is -0.189. The molecule has 1 heterocycles. The minimum absolute atomic E-state index is 0.0519. The van der Waals surface area contributed by atoms with E-state index in [-0.39, 0.29) is 6.54 Å². The van der Waals surface area contributed by atoms with Crippen molar-refractivity contribution in [3.63, 3.8) is 0 Å². The normalized spacial score (nSPS) is 22.6. The summed E-state index contributed by atoms with van der Waals surface area (Å²) in [6.45, 7) is 5.22. The highest BCUT2D eigenvalue weighted by atomic mass is 19.4. The first-order chi connectivity index (χ1) is 9.04. The van der Waals surface area contributed by atoms with Crippen LogP contribution < -0.4 is 5.73 Å². The topological polar surface area (TPSA) is 55.6 Å². The summed E-state index contributed by atoms with van der Waals surface area (Å²) >= 11 is 0. The van der Waals surface area contributed by atoms with Gasteiger partial charge in [0.2, 0.25) is 0 Å². The largest absolute Gasteiger partial charge is 0.444 e. The van der Waals surface area contributed by atoms with Crippen molar-refractivity contribution >= 4 is 6.09 Å². The van der Waals surface area contributed by atoms with Gasteiger partial charge in [0.15, 0.2) is 0 Å². The summed E-state index contributed by atoms with van der Waals surface area (Å²) in [4.78, 5) is 13.3. The van der Waals surface area contributed by atoms with E-state index < -0.39 is 36.3 Å². The Bertz CT molecular complexity index is 339. The molecule has 0 aliphatic carbocycles. The van der Waals surface area contributed by atoms with Crippen LogP contribution in [0.2, 0.25) is 0 Å². The Morgan fingerprint density at radius 2 is 2.00 bits per heavy atom. The zero-order valence-electron chi connectivity index (χ0n) is 12.2. The maximum absolute atomic E-state index is 12.9. The molecule has 0 aromatic heterocycles. The highest BCUT2D eigenvalue weighted by Crippen LogP contribution is 2.36. The molecule has 1 saturated heterocycles. The van der Waals surface area contributed by atoms with Crippen LogP contribution in [0.3, 0.4) is 0 Å². The summed E-state index contributed by atoms with van der Waals surface area (Å²) in [6.07, 6.45) is -3.91. The molecule has 1 rings (SSSR count). The number of likely N-dealkylation sites (tertiary alicyclic amines) is 1. The molecule has 0 radical (unpaired) electrons. The van der Waals surface area contributed by atoms with Crippen LogP contribution in [0.1, 0.15) is 33.6 Å². The molecule has 0 aromatic rings. The maximum Gasteiger partial charge on any atom is 0.410 e. The van der Waals surface area contributed by atoms with Crippen LogP contribution in [0, 0.1) is 11.8 Å². The Hall–Kier alpha value is -0.980. The number of hydrogen-bond donors (Lipinski definition) is 1. The number of rotatable bonds is 2. The predicted octanol–water partition coefficient (Wildman–Crippen LogP) is 2.77. The van der Waals surface area contributed by atoms with E-state index in [1.165, 1.54) is 4.90 Å². The third-order valence-electron chi connectivity index (χ3n) is 3.35. The Labute approximate surface area is 117 Å². The summed E-state index contributed by atoms with van der Waals surface area (Å²) in [5.41, 5.74) is 4.61. The molecule has 0 spiro atoms. The summed E-state index contributed by atoms with van der Waals surface area (Å²) in [6, 6.07) is 0. The molecular formula is C13H23F3N2O2. The van der Waals surface area contributed by atoms with Crippen molar-refractivity contribution in [3.05, 3.63) is 0 Å². The fraction of sp³-hybridized carbons (Fsp3) is 0.923. The number of carbonyl (C=O) groups excluding carboxylic acids is 1. The summed E-state index contributed by atoms with van der Waals surface area (Å²) in [7, 11) is 0. The number of carbonyl (C=O) groups is 1. The van der Waals surface area contributed by atoms with Gasteiger partial charge < -0.3 is 15.4 Å². The second kappa shape index (κ2) is 6.20. The van der Waals surface area contributed by atoms with Gasteiger partial charge in [-0.1, -0.05) is 0 Å². The summed E-state index contributed by atoms with van der Waals surface area (Å²) in [5.74, 6) is -2.21. The van der Waals surface area contributed by atoms with E-state index in [1.54, 1.807) is 20.8 Å². The van der Waals surface area contributed by atoms with E-state index in [9.17, 15) is 18.0 Å². The number of halogens is 3. The Balaban J connectivity index is 2.69.